The molecule has 0 atom stereocenters. The largest absolute Gasteiger partial charge is 0.436 e. The second kappa shape index (κ2) is 4.96. The van der Waals surface area contributed by atoms with Crippen molar-refractivity contribution in [2.24, 2.45) is 0 Å². The van der Waals surface area contributed by atoms with E-state index in [-0.39, 0.29) is 17.4 Å². The number of aromatic nitrogens is 5. The number of nitrogens with zero attached hydrogens (tertiary/aromatic N) is 3. The number of carbonyl (C=O) groups excluding carboxylic acids is 1. The first-order valence-corrected chi connectivity index (χ1v) is 5.93. The summed E-state index contributed by atoms with van der Waals surface area (Å²) in [6, 6.07) is 9.22. The van der Waals surface area contributed by atoms with Crippen LogP contribution in [-0.4, -0.2) is 31.4 Å². The van der Waals surface area contributed by atoms with Crippen LogP contribution in [0.15, 0.2) is 36.5 Å². The van der Waals surface area contributed by atoms with E-state index in [1.165, 1.54) is 6.92 Å². The van der Waals surface area contributed by atoms with Crippen LogP contribution < -0.4 is 4.74 Å². The molecule has 2 aromatic heterocycles. The zero-order valence-electron chi connectivity index (χ0n) is 10.6. The SMILES string of the molecule is CC(=O)c1[nH]nnc1Oc1ccc(-c2ccn[nH]2)cc1. The molecule has 7 nitrogen and oxygen atoms in total. The van der Waals surface area contributed by atoms with Gasteiger partial charge in [0.2, 0.25) is 0 Å². The molecular weight excluding hydrogens is 258 g/mol. The summed E-state index contributed by atoms with van der Waals surface area (Å²) in [6.45, 7) is 1.42. The summed E-state index contributed by atoms with van der Waals surface area (Å²) < 4.78 is 5.53. The van der Waals surface area contributed by atoms with E-state index >= 15 is 0 Å². The number of aromatic amines is 2. The lowest BCUT2D eigenvalue weighted by molar-refractivity contribution is 0.101. The molecule has 0 spiro atoms. The van der Waals surface area contributed by atoms with Gasteiger partial charge in [0.15, 0.2) is 11.5 Å². The molecule has 2 N–H and O–H groups in total. The van der Waals surface area contributed by atoms with E-state index in [0.717, 1.165) is 11.3 Å². The van der Waals surface area contributed by atoms with Crippen LogP contribution in [0.2, 0.25) is 0 Å². The molecule has 3 rings (SSSR count). The first kappa shape index (κ1) is 12.1. The molecule has 0 aliphatic heterocycles. The molecule has 0 amide bonds. The number of carbonyl (C=O) groups is 1. The minimum Gasteiger partial charge on any atom is -0.436 e. The van der Waals surface area contributed by atoms with Gasteiger partial charge in [-0.15, -0.1) is 0 Å². The normalized spacial score (nSPS) is 10.4. The molecule has 0 radical (unpaired) electrons. The number of benzene rings is 1. The van der Waals surface area contributed by atoms with Gasteiger partial charge in [0.1, 0.15) is 5.75 Å². The zero-order chi connectivity index (χ0) is 13.9. The van der Waals surface area contributed by atoms with Crippen LogP contribution in [0.25, 0.3) is 11.3 Å². The number of ketones is 1. The molecular formula is C13H11N5O2. The third kappa shape index (κ3) is 2.28. The number of H-pyrrole nitrogens is 2. The molecule has 20 heavy (non-hydrogen) atoms. The summed E-state index contributed by atoms with van der Waals surface area (Å²) in [6.07, 6.45) is 1.69. The van der Waals surface area contributed by atoms with Gasteiger partial charge in [-0.25, -0.2) is 0 Å². The van der Waals surface area contributed by atoms with Crippen LogP contribution in [0.1, 0.15) is 17.4 Å². The molecule has 7 heteroatoms. The fourth-order valence-electron chi connectivity index (χ4n) is 1.75. The van der Waals surface area contributed by atoms with E-state index in [1.807, 2.05) is 18.2 Å². The number of nitrogens with one attached hydrogen (secondary N) is 2. The Morgan fingerprint density at radius 1 is 1.15 bits per heavy atom. The van der Waals surface area contributed by atoms with Gasteiger partial charge in [0.05, 0.1) is 5.69 Å². The third-order valence-electron chi connectivity index (χ3n) is 2.75. The molecule has 0 aliphatic rings. The van der Waals surface area contributed by atoms with E-state index < -0.39 is 0 Å². The van der Waals surface area contributed by atoms with Gasteiger partial charge in [-0.05, 0) is 35.9 Å². The molecule has 0 unspecified atom stereocenters. The lowest BCUT2D eigenvalue weighted by Gasteiger charge is -2.04. The Hall–Kier alpha value is -2.96. The van der Waals surface area contributed by atoms with Crippen LogP contribution >= 0.6 is 0 Å². The highest BCUT2D eigenvalue weighted by Crippen LogP contribution is 2.25. The van der Waals surface area contributed by atoms with Crippen LogP contribution in [0.3, 0.4) is 0 Å². The topological polar surface area (TPSA) is 96.6 Å². The lowest BCUT2D eigenvalue weighted by atomic mass is 10.1. The van der Waals surface area contributed by atoms with Crippen molar-refractivity contribution in [1.82, 2.24) is 25.6 Å². The fourth-order valence-corrected chi connectivity index (χ4v) is 1.75. The first-order chi connectivity index (χ1) is 9.74. The van der Waals surface area contributed by atoms with Gasteiger partial charge < -0.3 is 4.74 Å². The van der Waals surface area contributed by atoms with Crippen molar-refractivity contribution in [3.05, 3.63) is 42.2 Å². The molecule has 2 heterocycles. The minimum atomic E-state index is -0.181. The Balaban J connectivity index is 1.82. The lowest BCUT2D eigenvalue weighted by Crippen LogP contribution is -1.96. The number of rotatable bonds is 4. The van der Waals surface area contributed by atoms with Crippen LogP contribution in [0.5, 0.6) is 11.6 Å². The highest BCUT2D eigenvalue weighted by molar-refractivity contribution is 5.94. The molecule has 3 aromatic rings. The van der Waals surface area contributed by atoms with Gasteiger partial charge >= 0.3 is 0 Å². The van der Waals surface area contributed by atoms with Gasteiger partial charge in [-0.1, -0.05) is 10.3 Å². The first-order valence-electron chi connectivity index (χ1n) is 5.93. The molecule has 0 bridgehead atoms. The maximum Gasteiger partial charge on any atom is 0.269 e. The summed E-state index contributed by atoms with van der Waals surface area (Å²) in [4.78, 5) is 11.3. The van der Waals surface area contributed by atoms with Crippen molar-refractivity contribution in [2.75, 3.05) is 0 Å². The van der Waals surface area contributed by atoms with E-state index in [1.54, 1.807) is 18.3 Å². The molecule has 0 fully saturated rings. The van der Waals surface area contributed by atoms with Gasteiger partial charge in [-0.3, -0.25) is 15.0 Å². The average Bonchev–Trinajstić information content (AvgIpc) is 3.10. The molecule has 1 aromatic carbocycles. The van der Waals surface area contributed by atoms with Gasteiger partial charge in [0.25, 0.3) is 5.88 Å². The maximum absolute atomic E-state index is 11.3. The van der Waals surface area contributed by atoms with Crippen molar-refractivity contribution in [3.63, 3.8) is 0 Å². The Morgan fingerprint density at radius 3 is 2.60 bits per heavy atom. The standard InChI is InChI=1S/C13H11N5O2/c1-8(19)12-13(17-18-16-12)20-10-4-2-9(3-5-10)11-6-7-14-15-11/h2-7H,1H3,(H,14,15)(H,16,17,18). The Labute approximate surface area is 114 Å². The fraction of sp³-hybridized carbons (Fsp3) is 0.0769. The average molecular weight is 269 g/mol. The predicted octanol–water partition coefficient (Wildman–Crippen LogP) is 2.19. The predicted molar refractivity (Wildman–Crippen MR) is 70.5 cm³/mol. The number of hydrogen-bond donors (Lipinski definition) is 2. The summed E-state index contributed by atoms with van der Waals surface area (Å²) in [5.74, 6) is 0.565. The highest BCUT2D eigenvalue weighted by Gasteiger charge is 2.13. The van der Waals surface area contributed by atoms with Gasteiger partial charge in [-0.2, -0.15) is 5.10 Å². The Bertz CT molecular complexity index is 716. The van der Waals surface area contributed by atoms with Crippen molar-refractivity contribution < 1.29 is 9.53 Å². The Kier molecular flexibility index (Phi) is 3.00. The van der Waals surface area contributed by atoms with Crippen molar-refractivity contribution in [1.29, 1.82) is 0 Å². The molecule has 100 valence electrons. The van der Waals surface area contributed by atoms with Crippen molar-refractivity contribution >= 4 is 5.78 Å². The molecule has 0 saturated carbocycles. The number of ether oxygens (including phenoxy) is 1. The quantitative estimate of drug-likeness (QED) is 0.707. The van der Waals surface area contributed by atoms with E-state index in [0.29, 0.717) is 5.75 Å². The van der Waals surface area contributed by atoms with Crippen LogP contribution in [-0.2, 0) is 0 Å². The summed E-state index contributed by atoms with van der Waals surface area (Å²) >= 11 is 0. The van der Waals surface area contributed by atoms with Crippen molar-refractivity contribution in [2.45, 2.75) is 6.92 Å². The highest BCUT2D eigenvalue weighted by atomic mass is 16.5. The summed E-state index contributed by atoms with van der Waals surface area (Å²) in [7, 11) is 0. The second-order valence-electron chi connectivity index (χ2n) is 4.14. The third-order valence-corrected chi connectivity index (χ3v) is 2.75. The Morgan fingerprint density at radius 2 is 1.95 bits per heavy atom. The maximum atomic E-state index is 11.3. The summed E-state index contributed by atoms with van der Waals surface area (Å²) in [5.41, 5.74) is 2.16. The van der Waals surface area contributed by atoms with Crippen LogP contribution in [0, 0.1) is 0 Å². The van der Waals surface area contributed by atoms with E-state index in [9.17, 15) is 4.79 Å². The molecule has 0 saturated heterocycles. The van der Waals surface area contributed by atoms with Crippen LogP contribution in [0.4, 0.5) is 0 Å². The monoisotopic (exact) mass is 269 g/mol. The smallest absolute Gasteiger partial charge is 0.269 e. The zero-order valence-corrected chi connectivity index (χ0v) is 10.6. The van der Waals surface area contributed by atoms with Crippen molar-refractivity contribution in [3.8, 4) is 22.9 Å². The number of hydrogen-bond acceptors (Lipinski definition) is 5. The van der Waals surface area contributed by atoms with E-state index in [2.05, 4.69) is 25.6 Å². The minimum absolute atomic E-state index is 0.173. The van der Waals surface area contributed by atoms with E-state index in [4.69, 9.17) is 4.74 Å². The van der Waals surface area contributed by atoms with Gasteiger partial charge in [0, 0.05) is 13.1 Å². The molecule has 0 aliphatic carbocycles. The summed E-state index contributed by atoms with van der Waals surface area (Å²) in [5, 5.41) is 16.6. The number of Topliss-reactive ketones (excluding diaryl/α,β-unsaturated/α-hetero) is 1. The second-order valence-corrected chi connectivity index (χ2v) is 4.14.